The molecule has 1 atom stereocenters. The summed E-state index contributed by atoms with van der Waals surface area (Å²) in [7, 11) is 0. The number of nitrogens with one attached hydrogen (secondary N) is 2. The highest BCUT2D eigenvalue weighted by Crippen LogP contribution is 2.22. The topological polar surface area (TPSA) is 88.9 Å². The van der Waals surface area contributed by atoms with Crippen molar-refractivity contribution in [3.05, 3.63) is 65.5 Å². The van der Waals surface area contributed by atoms with Gasteiger partial charge in [0.1, 0.15) is 0 Å². The molecule has 2 aromatic carbocycles. The van der Waals surface area contributed by atoms with Crippen molar-refractivity contribution in [2.75, 3.05) is 17.3 Å². The minimum atomic E-state index is -0.325. The first-order chi connectivity index (χ1) is 15.4. The fourth-order valence-corrected chi connectivity index (χ4v) is 4.37. The number of carbonyl (C=O) groups is 2. The lowest BCUT2D eigenvalue weighted by atomic mass is 10.1. The van der Waals surface area contributed by atoms with E-state index < -0.39 is 0 Å². The molecule has 0 aliphatic rings. The summed E-state index contributed by atoms with van der Waals surface area (Å²) in [6.45, 7) is 6.48. The molecule has 1 unspecified atom stereocenters. The molecule has 0 fully saturated rings. The predicted molar refractivity (Wildman–Crippen MR) is 130 cm³/mol. The highest BCUT2D eigenvalue weighted by Gasteiger charge is 2.20. The van der Waals surface area contributed by atoms with Crippen LogP contribution in [0.25, 0.3) is 0 Å². The lowest BCUT2D eigenvalue weighted by Crippen LogP contribution is -2.28. The van der Waals surface area contributed by atoms with Crippen LogP contribution in [0.15, 0.2) is 58.6 Å². The summed E-state index contributed by atoms with van der Waals surface area (Å²) in [5, 5.41) is 15.1. The number of aryl methyl sites for hydroxylation is 1. The van der Waals surface area contributed by atoms with Crippen LogP contribution in [0, 0.1) is 6.92 Å². The predicted octanol–water partition coefficient (Wildman–Crippen LogP) is 4.55. The summed E-state index contributed by atoms with van der Waals surface area (Å²) >= 11 is 2.95. The average Bonchev–Trinajstić information content (AvgIpc) is 3.21. The van der Waals surface area contributed by atoms with Crippen LogP contribution < -0.4 is 10.6 Å². The molecule has 32 heavy (non-hydrogen) atoms. The molecule has 0 aliphatic heterocycles. The van der Waals surface area contributed by atoms with Crippen molar-refractivity contribution < 1.29 is 9.59 Å². The molecule has 3 aromatic rings. The van der Waals surface area contributed by atoms with Gasteiger partial charge in [0.15, 0.2) is 11.0 Å². The average molecular weight is 470 g/mol. The number of aromatic nitrogens is 3. The fourth-order valence-electron chi connectivity index (χ4n) is 3.10. The molecule has 0 bridgehead atoms. The minimum absolute atomic E-state index is 0.110. The van der Waals surface area contributed by atoms with Crippen molar-refractivity contribution in [1.29, 1.82) is 0 Å². The summed E-state index contributed by atoms with van der Waals surface area (Å²) in [6.07, 6.45) is 2.00. The Morgan fingerprint density at radius 2 is 1.88 bits per heavy atom. The van der Waals surface area contributed by atoms with E-state index in [1.165, 1.54) is 11.8 Å². The molecule has 9 heteroatoms. The lowest BCUT2D eigenvalue weighted by molar-refractivity contribution is -0.113. The zero-order valence-corrected chi connectivity index (χ0v) is 20.2. The molecule has 3 rings (SSSR count). The number of rotatable bonds is 9. The second kappa shape index (κ2) is 11.2. The first kappa shape index (κ1) is 23.9. The van der Waals surface area contributed by atoms with E-state index in [-0.39, 0.29) is 23.6 Å². The van der Waals surface area contributed by atoms with Crippen LogP contribution in [0.5, 0.6) is 0 Å². The third kappa shape index (κ3) is 6.14. The number of benzene rings is 2. The van der Waals surface area contributed by atoms with Crippen LogP contribution >= 0.6 is 23.5 Å². The monoisotopic (exact) mass is 469 g/mol. The number of amides is 2. The zero-order valence-electron chi connectivity index (χ0n) is 18.6. The van der Waals surface area contributed by atoms with E-state index in [2.05, 4.69) is 20.8 Å². The van der Waals surface area contributed by atoms with E-state index in [1.807, 2.05) is 68.0 Å². The maximum atomic E-state index is 12.6. The molecule has 1 heterocycles. The normalized spacial score (nSPS) is 11.8. The molecule has 0 saturated heterocycles. The number of carbonyl (C=O) groups excluding carboxylic acids is 2. The van der Waals surface area contributed by atoms with Gasteiger partial charge in [0.25, 0.3) is 5.91 Å². The van der Waals surface area contributed by atoms with Crippen LogP contribution in [0.2, 0.25) is 0 Å². The van der Waals surface area contributed by atoms with Gasteiger partial charge in [-0.25, -0.2) is 0 Å². The van der Waals surface area contributed by atoms with Crippen LogP contribution in [0.4, 0.5) is 5.69 Å². The maximum Gasteiger partial charge on any atom is 0.251 e. The van der Waals surface area contributed by atoms with Crippen molar-refractivity contribution in [2.45, 2.75) is 43.4 Å². The summed E-state index contributed by atoms with van der Waals surface area (Å²) < 4.78 is 1.92. The zero-order chi connectivity index (χ0) is 23.1. The van der Waals surface area contributed by atoms with E-state index in [0.717, 1.165) is 16.1 Å². The van der Waals surface area contributed by atoms with E-state index >= 15 is 0 Å². The minimum Gasteiger partial charge on any atom is -0.342 e. The van der Waals surface area contributed by atoms with Gasteiger partial charge >= 0.3 is 0 Å². The molecule has 0 saturated carbocycles. The summed E-state index contributed by atoms with van der Waals surface area (Å²) in [4.78, 5) is 26.0. The van der Waals surface area contributed by atoms with Gasteiger partial charge in [0, 0.05) is 22.7 Å². The van der Waals surface area contributed by atoms with Crippen molar-refractivity contribution in [3.8, 4) is 0 Å². The summed E-state index contributed by atoms with van der Waals surface area (Å²) in [5.74, 6) is 0.597. The molecule has 0 spiro atoms. The molecular formula is C23H27N5O2S2. The van der Waals surface area contributed by atoms with Gasteiger partial charge < -0.3 is 15.2 Å². The number of nitrogens with zero attached hydrogens (tertiary/aromatic N) is 3. The highest BCUT2D eigenvalue weighted by molar-refractivity contribution is 7.99. The van der Waals surface area contributed by atoms with Gasteiger partial charge in [0.2, 0.25) is 5.91 Å². The molecule has 1 aromatic heterocycles. The van der Waals surface area contributed by atoms with Crippen LogP contribution in [-0.2, 0) is 11.3 Å². The Labute approximate surface area is 196 Å². The van der Waals surface area contributed by atoms with Crippen molar-refractivity contribution >= 4 is 41.0 Å². The van der Waals surface area contributed by atoms with Gasteiger partial charge in [-0.15, -0.1) is 22.0 Å². The van der Waals surface area contributed by atoms with Gasteiger partial charge in [-0.2, -0.15) is 0 Å². The van der Waals surface area contributed by atoms with E-state index in [1.54, 1.807) is 23.9 Å². The molecule has 168 valence electrons. The highest BCUT2D eigenvalue weighted by atomic mass is 32.2. The Morgan fingerprint density at radius 3 is 2.56 bits per heavy atom. The second-order valence-electron chi connectivity index (χ2n) is 7.22. The van der Waals surface area contributed by atoms with E-state index in [9.17, 15) is 9.59 Å². The number of anilines is 1. The first-order valence-corrected chi connectivity index (χ1v) is 12.5. The standard InChI is InChI=1S/C23H27N5O2S2/c1-5-28-21(16(3)24-22(30)17-11-9-15(2)10-12-17)26-27-23(28)32-14-20(29)25-18-7-6-8-19(13-18)31-4/h6-13,16H,5,14H2,1-4H3,(H,24,30)(H,25,29). The Bertz CT molecular complexity index is 1080. The number of thioether (sulfide) groups is 2. The van der Waals surface area contributed by atoms with E-state index in [4.69, 9.17) is 0 Å². The molecule has 0 aliphatic carbocycles. The summed E-state index contributed by atoms with van der Waals surface area (Å²) in [6, 6.07) is 14.8. The van der Waals surface area contributed by atoms with Crippen LogP contribution in [0.3, 0.4) is 0 Å². The van der Waals surface area contributed by atoms with Crippen LogP contribution in [-0.4, -0.2) is 38.6 Å². The van der Waals surface area contributed by atoms with Crippen molar-refractivity contribution in [2.24, 2.45) is 0 Å². The van der Waals surface area contributed by atoms with E-state index in [0.29, 0.717) is 23.1 Å². The van der Waals surface area contributed by atoms with Crippen molar-refractivity contribution in [3.63, 3.8) is 0 Å². The van der Waals surface area contributed by atoms with Gasteiger partial charge in [-0.05, 0) is 57.4 Å². The van der Waals surface area contributed by atoms with Gasteiger partial charge in [-0.1, -0.05) is 35.5 Å². The second-order valence-corrected chi connectivity index (χ2v) is 9.04. The molecule has 7 nitrogen and oxygen atoms in total. The molecule has 0 radical (unpaired) electrons. The Kier molecular flexibility index (Phi) is 8.35. The summed E-state index contributed by atoms with van der Waals surface area (Å²) in [5.41, 5.74) is 2.47. The molecular weight excluding hydrogens is 442 g/mol. The quantitative estimate of drug-likeness (QED) is 0.447. The first-order valence-electron chi connectivity index (χ1n) is 10.3. The maximum absolute atomic E-state index is 12.6. The smallest absolute Gasteiger partial charge is 0.251 e. The largest absolute Gasteiger partial charge is 0.342 e. The third-order valence-corrected chi connectivity index (χ3v) is 6.49. The molecule has 2 N–H and O–H groups in total. The van der Waals surface area contributed by atoms with Crippen LogP contribution in [0.1, 0.15) is 41.6 Å². The van der Waals surface area contributed by atoms with Crippen molar-refractivity contribution in [1.82, 2.24) is 20.1 Å². The fraction of sp³-hybridized carbons (Fsp3) is 0.304. The van der Waals surface area contributed by atoms with Gasteiger partial charge in [0.05, 0.1) is 11.8 Å². The number of hydrogen-bond acceptors (Lipinski definition) is 6. The Hall–Kier alpha value is -2.78. The Balaban J connectivity index is 1.61. The Morgan fingerprint density at radius 1 is 1.12 bits per heavy atom. The lowest BCUT2D eigenvalue weighted by Gasteiger charge is -2.15. The molecule has 2 amide bonds. The third-order valence-electron chi connectivity index (χ3n) is 4.80. The number of hydrogen-bond donors (Lipinski definition) is 2. The SMILES string of the molecule is CCn1c(SCC(=O)Nc2cccc(SC)c2)nnc1C(C)NC(=O)c1ccc(C)cc1. The van der Waals surface area contributed by atoms with Gasteiger partial charge in [-0.3, -0.25) is 9.59 Å².